The summed E-state index contributed by atoms with van der Waals surface area (Å²) in [6.45, 7) is 5.63. The van der Waals surface area contributed by atoms with Crippen molar-refractivity contribution in [2.45, 2.75) is 19.8 Å². The summed E-state index contributed by atoms with van der Waals surface area (Å²) >= 11 is 0. The predicted molar refractivity (Wildman–Crippen MR) is 75.2 cm³/mol. The van der Waals surface area contributed by atoms with E-state index in [9.17, 15) is 0 Å². The Labute approximate surface area is 109 Å². The molecule has 0 aliphatic heterocycles. The Hall–Kier alpha value is -1.29. The summed E-state index contributed by atoms with van der Waals surface area (Å²) in [6, 6.07) is 2.12. The van der Waals surface area contributed by atoms with Crippen molar-refractivity contribution < 1.29 is 4.74 Å². The lowest BCUT2D eigenvalue weighted by Crippen LogP contribution is -2.23. The molecule has 1 fully saturated rings. The molecule has 1 N–H and O–H groups in total. The maximum absolute atomic E-state index is 5.65. The second-order valence-electron chi connectivity index (χ2n) is 4.90. The van der Waals surface area contributed by atoms with Crippen LogP contribution >= 0.6 is 0 Å². The van der Waals surface area contributed by atoms with E-state index in [2.05, 4.69) is 35.2 Å². The lowest BCUT2D eigenvalue weighted by Gasteiger charge is -2.19. The Morgan fingerprint density at radius 3 is 3.00 bits per heavy atom. The number of pyridine rings is 1. The van der Waals surface area contributed by atoms with Crippen molar-refractivity contribution in [3.63, 3.8) is 0 Å². The molecule has 0 radical (unpaired) electrons. The summed E-state index contributed by atoms with van der Waals surface area (Å²) in [5.41, 5.74) is 2.20. The van der Waals surface area contributed by atoms with Crippen LogP contribution in [0.25, 0.3) is 0 Å². The van der Waals surface area contributed by atoms with E-state index in [1.165, 1.54) is 12.8 Å². The molecule has 0 aromatic carbocycles. The first-order chi connectivity index (χ1) is 8.79. The van der Waals surface area contributed by atoms with Gasteiger partial charge in [0.1, 0.15) is 0 Å². The van der Waals surface area contributed by atoms with Crippen molar-refractivity contribution in [1.82, 2.24) is 4.98 Å². The number of nitrogens with one attached hydrogen (secondary N) is 1. The van der Waals surface area contributed by atoms with Gasteiger partial charge in [-0.15, -0.1) is 0 Å². The third-order valence-corrected chi connectivity index (χ3v) is 3.17. The molecule has 1 aliphatic rings. The van der Waals surface area contributed by atoms with E-state index in [1.807, 2.05) is 12.4 Å². The Morgan fingerprint density at radius 1 is 1.44 bits per heavy atom. The summed E-state index contributed by atoms with van der Waals surface area (Å²) in [7, 11) is 2.08. The van der Waals surface area contributed by atoms with Gasteiger partial charge >= 0.3 is 0 Å². The van der Waals surface area contributed by atoms with E-state index < -0.39 is 0 Å². The second-order valence-corrected chi connectivity index (χ2v) is 4.90. The van der Waals surface area contributed by atoms with Gasteiger partial charge in [0.2, 0.25) is 0 Å². The van der Waals surface area contributed by atoms with E-state index in [1.54, 1.807) is 0 Å². The van der Waals surface area contributed by atoms with Crippen LogP contribution in [0, 0.1) is 5.92 Å². The molecular weight excluding hydrogens is 226 g/mol. The fourth-order valence-corrected chi connectivity index (χ4v) is 1.80. The highest BCUT2D eigenvalue weighted by atomic mass is 16.5. The van der Waals surface area contributed by atoms with Gasteiger partial charge in [0.05, 0.1) is 30.4 Å². The van der Waals surface area contributed by atoms with E-state index in [4.69, 9.17) is 4.74 Å². The van der Waals surface area contributed by atoms with Crippen LogP contribution in [0.5, 0.6) is 0 Å². The van der Waals surface area contributed by atoms with Crippen LogP contribution in [-0.2, 0) is 4.74 Å². The minimum atomic E-state index is 0.790. The van der Waals surface area contributed by atoms with E-state index in [-0.39, 0.29) is 0 Å². The molecule has 1 aliphatic carbocycles. The van der Waals surface area contributed by atoms with Gasteiger partial charge in [-0.05, 0) is 31.7 Å². The summed E-state index contributed by atoms with van der Waals surface area (Å²) in [5.74, 6) is 0.842. The number of aromatic nitrogens is 1. The van der Waals surface area contributed by atoms with Gasteiger partial charge in [-0.25, -0.2) is 0 Å². The fourth-order valence-electron chi connectivity index (χ4n) is 1.80. The number of anilines is 2. The zero-order chi connectivity index (χ0) is 12.8. The summed E-state index contributed by atoms with van der Waals surface area (Å²) in [4.78, 5) is 6.43. The average Bonchev–Trinajstić information content (AvgIpc) is 3.19. The van der Waals surface area contributed by atoms with Gasteiger partial charge in [-0.3, -0.25) is 4.98 Å². The number of hydrogen-bond acceptors (Lipinski definition) is 4. The summed E-state index contributed by atoms with van der Waals surface area (Å²) < 4.78 is 5.65. The number of ether oxygens (including phenoxy) is 1. The van der Waals surface area contributed by atoms with Crippen LogP contribution in [0.4, 0.5) is 11.4 Å². The Bertz CT molecular complexity index is 366. The zero-order valence-corrected chi connectivity index (χ0v) is 11.4. The molecule has 1 aromatic rings. The molecule has 1 saturated carbocycles. The maximum Gasteiger partial charge on any atom is 0.0641 e. The fraction of sp³-hybridized carbons (Fsp3) is 0.643. The monoisotopic (exact) mass is 249 g/mol. The van der Waals surface area contributed by atoms with Crippen LogP contribution in [-0.4, -0.2) is 38.3 Å². The van der Waals surface area contributed by atoms with Crippen LogP contribution in [0.15, 0.2) is 18.5 Å². The van der Waals surface area contributed by atoms with Crippen LogP contribution in [0.2, 0.25) is 0 Å². The van der Waals surface area contributed by atoms with E-state index >= 15 is 0 Å². The highest BCUT2D eigenvalue weighted by Gasteiger charge is 2.20. The third-order valence-electron chi connectivity index (χ3n) is 3.17. The molecule has 4 heteroatoms. The first-order valence-corrected chi connectivity index (χ1v) is 6.77. The lowest BCUT2D eigenvalue weighted by molar-refractivity contribution is 0.131. The molecule has 100 valence electrons. The first-order valence-electron chi connectivity index (χ1n) is 6.77. The summed E-state index contributed by atoms with van der Waals surface area (Å²) in [6.07, 6.45) is 6.45. The highest BCUT2D eigenvalue weighted by molar-refractivity contribution is 5.55. The quantitative estimate of drug-likeness (QED) is 0.718. The van der Waals surface area contributed by atoms with E-state index in [0.717, 1.165) is 43.6 Å². The maximum atomic E-state index is 5.65. The van der Waals surface area contributed by atoms with Crippen molar-refractivity contribution in [1.29, 1.82) is 0 Å². The Balaban J connectivity index is 1.75. The molecule has 0 amide bonds. The van der Waals surface area contributed by atoms with Gasteiger partial charge in [-0.1, -0.05) is 0 Å². The molecular formula is C14H23N3O. The van der Waals surface area contributed by atoms with Gasteiger partial charge in [0.25, 0.3) is 0 Å². The van der Waals surface area contributed by atoms with Crippen molar-refractivity contribution in [3.05, 3.63) is 18.5 Å². The topological polar surface area (TPSA) is 37.4 Å². The van der Waals surface area contributed by atoms with Crippen molar-refractivity contribution >= 4 is 11.4 Å². The van der Waals surface area contributed by atoms with Crippen LogP contribution < -0.4 is 10.2 Å². The van der Waals surface area contributed by atoms with Gasteiger partial charge in [0.15, 0.2) is 0 Å². The molecule has 0 spiro atoms. The van der Waals surface area contributed by atoms with Gasteiger partial charge < -0.3 is 15.0 Å². The second kappa shape index (κ2) is 6.59. The molecule has 0 unspecified atom stereocenters. The molecule has 1 aromatic heterocycles. The molecule has 18 heavy (non-hydrogen) atoms. The summed E-state index contributed by atoms with van der Waals surface area (Å²) in [5, 5.41) is 3.27. The molecule has 1 heterocycles. The molecule has 0 saturated heterocycles. The Kier molecular flexibility index (Phi) is 4.81. The van der Waals surface area contributed by atoms with Crippen molar-refractivity contribution in [2.75, 3.05) is 43.6 Å². The van der Waals surface area contributed by atoms with Crippen LogP contribution in [0.3, 0.4) is 0 Å². The Morgan fingerprint density at radius 2 is 2.28 bits per heavy atom. The number of likely N-dealkylation sites (N-methyl/N-ethyl adjacent to an activating group) is 1. The molecule has 4 nitrogen and oxygen atoms in total. The molecule has 0 atom stereocenters. The zero-order valence-electron chi connectivity index (χ0n) is 11.4. The van der Waals surface area contributed by atoms with Crippen LogP contribution in [0.1, 0.15) is 19.8 Å². The highest BCUT2D eigenvalue weighted by Crippen LogP contribution is 2.28. The minimum Gasteiger partial charge on any atom is -0.384 e. The normalized spacial score (nSPS) is 14.6. The number of nitrogens with zero attached hydrogens (tertiary/aromatic N) is 2. The lowest BCUT2D eigenvalue weighted by atomic mass is 10.3. The van der Waals surface area contributed by atoms with Gasteiger partial charge in [0, 0.05) is 26.7 Å². The number of hydrogen-bond donors (Lipinski definition) is 1. The SMILES string of the molecule is CCNc1cncc(N(C)CCOCC2CC2)c1. The van der Waals surface area contributed by atoms with Gasteiger partial charge in [-0.2, -0.15) is 0 Å². The smallest absolute Gasteiger partial charge is 0.0641 e. The minimum absolute atomic E-state index is 0.790. The largest absolute Gasteiger partial charge is 0.384 e. The van der Waals surface area contributed by atoms with Crippen molar-refractivity contribution in [2.24, 2.45) is 5.92 Å². The van der Waals surface area contributed by atoms with E-state index in [0.29, 0.717) is 0 Å². The first kappa shape index (κ1) is 13.1. The number of rotatable bonds is 8. The molecule has 0 bridgehead atoms. The predicted octanol–water partition coefficient (Wildman–Crippen LogP) is 2.38. The van der Waals surface area contributed by atoms with Crippen molar-refractivity contribution in [3.8, 4) is 0 Å². The standard InChI is InChI=1S/C14H23N3O/c1-3-16-13-8-14(10-15-9-13)17(2)6-7-18-11-12-4-5-12/h8-10,12,16H,3-7,11H2,1-2H3. The average molecular weight is 249 g/mol. The third kappa shape index (κ3) is 4.18. The molecule has 2 rings (SSSR count).